The Balaban J connectivity index is 0.000000161. The fourth-order valence-corrected chi connectivity index (χ4v) is 1.96. The van der Waals surface area contributed by atoms with Crippen LogP contribution in [0.1, 0.15) is 16.8 Å². The second-order valence-electron chi connectivity index (χ2n) is 4.60. The van der Waals surface area contributed by atoms with E-state index in [-0.39, 0.29) is 5.91 Å². The number of aliphatic hydroxyl groups excluding tert-OH is 1. The van der Waals surface area contributed by atoms with Gasteiger partial charge in [-0.15, -0.1) is 0 Å². The molecule has 1 unspecified atom stereocenters. The summed E-state index contributed by atoms with van der Waals surface area (Å²) in [5.74, 6) is 0.460. The summed E-state index contributed by atoms with van der Waals surface area (Å²) in [6.45, 7) is 3.15. The van der Waals surface area contributed by atoms with Crippen LogP contribution in [0.25, 0.3) is 0 Å². The first kappa shape index (κ1) is 15.3. The molecule has 21 heavy (non-hydrogen) atoms. The van der Waals surface area contributed by atoms with Gasteiger partial charge in [0.1, 0.15) is 0 Å². The van der Waals surface area contributed by atoms with Crippen molar-refractivity contribution in [2.45, 2.75) is 12.7 Å². The quantitative estimate of drug-likeness (QED) is 0.768. The van der Waals surface area contributed by atoms with E-state index in [2.05, 4.69) is 14.9 Å². The molecule has 1 aromatic rings. The van der Waals surface area contributed by atoms with Gasteiger partial charge in [-0.05, 0) is 12.1 Å². The molecule has 0 aliphatic carbocycles. The Bertz CT molecular complexity index is 486. The van der Waals surface area contributed by atoms with Gasteiger partial charge in [-0.2, -0.15) is 0 Å². The van der Waals surface area contributed by atoms with Crippen molar-refractivity contribution in [3.63, 3.8) is 0 Å². The standard InChI is InChI=1S/C7H12N2O3.C7H7NO/c10-7-5-6(8-12-7)9-1-3-11-4-2-9;8-7(9)6-4-2-1-3-5-6/h7,10H,1-5H2;1-5H,(H2,8,9). The van der Waals surface area contributed by atoms with Crippen molar-refractivity contribution in [1.82, 2.24) is 4.90 Å². The number of amides is 1. The summed E-state index contributed by atoms with van der Waals surface area (Å²) in [6, 6.07) is 8.76. The molecule has 3 N–H and O–H groups in total. The smallest absolute Gasteiger partial charge is 0.248 e. The third-order valence-electron chi connectivity index (χ3n) is 3.07. The monoisotopic (exact) mass is 293 g/mol. The van der Waals surface area contributed by atoms with E-state index in [1.165, 1.54) is 0 Å². The summed E-state index contributed by atoms with van der Waals surface area (Å²) in [4.78, 5) is 17.2. The number of morpholine rings is 1. The number of carbonyl (C=O) groups is 1. The first-order chi connectivity index (χ1) is 10.2. The minimum Gasteiger partial charge on any atom is -0.378 e. The number of aliphatic hydroxyl groups is 1. The van der Waals surface area contributed by atoms with Crippen LogP contribution in [-0.2, 0) is 9.57 Å². The molecule has 1 amide bonds. The van der Waals surface area contributed by atoms with Crippen LogP contribution >= 0.6 is 0 Å². The van der Waals surface area contributed by atoms with Gasteiger partial charge < -0.3 is 25.3 Å². The lowest BCUT2D eigenvalue weighted by Crippen LogP contribution is -2.40. The fourth-order valence-electron chi connectivity index (χ4n) is 1.96. The summed E-state index contributed by atoms with van der Waals surface area (Å²) in [5, 5.41) is 12.8. The third-order valence-corrected chi connectivity index (χ3v) is 3.07. The largest absolute Gasteiger partial charge is 0.378 e. The van der Waals surface area contributed by atoms with Crippen LogP contribution in [0.15, 0.2) is 35.5 Å². The van der Waals surface area contributed by atoms with Gasteiger partial charge >= 0.3 is 0 Å². The molecule has 1 saturated heterocycles. The molecule has 1 fully saturated rings. The minimum absolute atomic E-state index is 0.379. The number of hydrogen-bond donors (Lipinski definition) is 2. The molecule has 0 bridgehead atoms. The number of primary amides is 1. The van der Waals surface area contributed by atoms with Crippen LogP contribution in [0, 0.1) is 0 Å². The number of rotatable bonds is 1. The Kier molecular flexibility index (Phi) is 5.53. The highest BCUT2D eigenvalue weighted by Gasteiger charge is 2.24. The van der Waals surface area contributed by atoms with E-state index >= 15 is 0 Å². The van der Waals surface area contributed by atoms with Gasteiger partial charge in [0, 0.05) is 18.7 Å². The van der Waals surface area contributed by atoms with Crippen LogP contribution in [0.3, 0.4) is 0 Å². The Hall–Kier alpha value is -2.12. The van der Waals surface area contributed by atoms with E-state index in [0.29, 0.717) is 12.0 Å². The highest BCUT2D eigenvalue weighted by molar-refractivity contribution is 5.92. The first-order valence-electron chi connectivity index (χ1n) is 6.75. The molecule has 7 nitrogen and oxygen atoms in total. The van der Waals surface area contributed by atoms with Crippen molar-refractivity contribution in [2.24, 2.45) is 10.9 Å². The highest BCUT2D eigenvalue weighted by Crippen LogP contribution is 2.12. The molecule has 3 rings (SSSR count). The summed E-state index contributed by atoms with van der Waals surface area (Å²) in [6.07, 6.45) is -0.247. The first-order valence-corrected chi connectivity index (χ1v) is 6.75. The number of hydrogen-bond acceptors (Lipinski definition) is 6. The van der Waals surface area contributed by atoms with Gasteiger partial charge in [-0.1, -0.05) is 23.4 Å². The number of carbonyl (C=O) groups excluding carboxylic acids is 1. The summed E-state index contributed by atoms with van der Waals surface area (Å²) in [7, 11) is 0. The molecule has 0 spiro atoms. The number of nitrogens with zero attached hydrogens (tertiary/aromatic N) is 2. The van der Waals surface area contributed by atoms with Gasteiger partial charge in [0.15, 0.2) is 5.84 Å². The van der Waals surface area contributed by atoms with Crippen molar-refractivity contribution < 1.29 is 19.5 Å². The Morgan fingerprint density at radius 3 is 2.43 bits per heavy atom. The van der Waals surface area contributed by atoms with Gasteiger partial charge in [-0.3, -0.25) is 4.79 Å². The van der Waals surface area contributed by atoms with Crippen molar-refractivity contribution in [3.8, 4) is 0 Å². The average Bonchev–Trinajstić information content (AvgIpc) is 2.96. The number of ether oxygens (including phenoxy) is 1. The molecule has 1 aromatic carbocycles. The second-order valence-corrected chi connectivity index (χ2v) is 4.60. The number of oxime groups is 1. The zero-order valence-electron chi connectivity index (χ0n) is 11.6. The van der Waals surface area contributed by atoms with Gasteiger partial charge in [0.25, 0.3) is 0 Å². The van der Waals surface area contributed by atoms with Crippen LogP contribution < -0.4 is 5.73 Å². The highest BCUT2D eigenvalue weighted by atomic mass is 16.7. The molecule has 0 radical (unpaired) electrons. The Morgan fingerprint density at radius 1 is 1.29 bits per heavy atom. The summed E-state index contributed by atoms with van der Waals surface area (Å²) < 4.78 is 5.19. The summed E-state index contributed by atoms with van der Waals surface area (Å²) in [5.41, 5.74) is 5.53. The molecule has 0 aromatic heterocycles. The van der Waals surface area contributed by atoms with Crippen molar-refractivity contribution in [3.05, 3.63) is 35.9 Å². The fraction of sp³-hybridized carbons (Fsp3) is 0.429. The minimum atomic E-state index is -0.747. The maximum absolute atomic E-state index is 10.4. The van der Waals surface area contributed by atoms with E-state index in [1.807, 2.05) is 6.07 Å². The second kappa shape index (κ2) is 7.61. The van der Waals surface area contributed by atoms with Crippen molar-refractivity contribution >= 4 is 11.7 Å². The molecule has 7 heteroatoms. The van der Waals surface area contributed by atoms with Gasteiger partial charge in [0.05, 0.1) is 19.6 Å². The van der Waals surface area contributed by atoms with Gasteiger partial charge in [-0.25, -0.2) is 0 Å². The zero-order valence-corrected chi connectivity index (χ0v) is 11.6. The molecule has 2 aliphatic rings. The van der Waals surface area contributed by atoms with E-state index in [0.717, 1.165) is 32.1 Å². The topological polar surface area (TPSA) is 97.4 Å². The van der Waals surface area contributed by atoms with Crippen LogP contribution in [-0.4, -0.2) is 54.3 Å². The lowest BCUT2D eigenvalue weighted by molar-refractivity contribution is -0.0762. The predicted molar refractivity (Wildman–Crippen MR) is 76.5 cm³/mol. The lowest BCUT2D eigenvalue weighted by atomic mass is 10.2. The number of benzene rings is 1. The normalized spacial score (nSPS) is 20.9. The molecular weight excluding hydrogens is 274 g/mol. The molecule has 1 atom stereocenters. The molecule has 2 heterocycles. The number of amidine groups is 1. The molecule has 114 valence electrons. The van der Waals surface area contributed by atoms with E-state index in [1.54, 1.807) is 24.3 Å². The van der Waals surface area contributed by atoms with Crippen molar-refractivity contribution in [1.29, 1.82) is 0 Å². The Labute approximate surface area is 122 Å². The zero-order chi connectivity index (χ0) is 15.1. The maximum Gasteiger partial charge on any atom is 0.248 e. The van der Waals surface area contributed by atoms with E-state index in [4.69, 9.17) is 15.6 Å². The van der Waals surface area contributed by atoms with Crippen molar-refractivity contribution in [2.75, 3.05) is 26.3 Å². The van der Waals surface area contributed by atoms with Crippen LogP contribution in [0.4, 0.5) is 0 Å². The van der Waals surface area contributed by atoms with Gasteiger partial charge in [0.2, 0.25) is 12.2 Å². The SMILES string of the molecule is NC(=O)c1ccccc1.OC1CC(N2CCOCC2)=NO1. The van der Waals surface area contributed by atoms with Crippen LogP contribution in [0.2, 0.25) is 0 Å². The number of nitrogens with two attached hydrogens (primary N) is 1. The Morgan fingerprint density at radius 2 is 1.95 bits per heavy atom. The van der Waals surface area contributed by atoms with Crippen LogP contribution in [0.5, 0.6) is 0 Å². The summed E-state index contributed by atoms with van der Waals surface area (Å²) >= 11 is 0. The van der Waals surface area contributed by atoms with E-state index < -0.39 is 6.29 Å². The lowest BCUT2D eigenvalue weighted by Gasteiger charge is -2.27. The average molecular weight is 293 g/mol. The molecular formula is C14H19N3O4. The maximum atomic E-state index is 10.4. The van der Waals surface area contributed by atoms with E-state index in [9.17, 15) is 4.79 Å². The third kappa shape index (κ3) is 4.73. The predicted octanol–water partition coefficient (Wildman–Crippen LogP) is 0.156. The molecule has 0 saturated carbocycles. The molecule has 2 aliphatic heterocycles.